The van der Waals surface area contributed by atoms with E-state index >= 15 is 0 Å². The van der Waals surface area contributed by atoms with E-state index in [1.54, 1.807) is 43.5 Å². The number of carbonyl (C=O) groups is 2. The Kier molecular flexibility index (Phi) is 6.68. The lowest BCUT2D eigenvalue weighted by Crippen LogP contribution is -2.20. The van der Waals surface area contributed by atoms with Crippen LogP contribution in [-0.2, 0) is 9.59 Å². The van der Waals surface area contributed by atoms with Gasteiger partial charge in [-0.15, -0.1) is 0 Å². The number of hydrogen-bond acceptors (Lipinski definition) is 4. The minimum absolute atomic E-state index is 0.0282. The van der Waals surface area contributed by atoms with Gasteiger partial charge in [0.1, 0.15) is 0 Å². The molecule has 1 unspecified atom stereocenters. The summed E-state index contributed by atoms with van der Waals surface area (Å²) in [6.45, 7) is -0.148. The van der Waals surface area contributed by atoms with Crippen molar-refractivity contribution in [2.24, 2.45) is 5.92 Å². The van der Waals surface area contributed by atoms with Gasteiger partial charge in [-0.2, -0.15) is 0 Å². The number of benzene rings is 2. The summed E-state index contributed by atoms with van der Waals surface area (Å²) in [6, 6.07) is 14.2. The molecule has 3 rings (SSSR count). The zero-order valence-electron chi connectivity index (χ0n) is 15.8. The quantitative estimate of drug-likeness (QED) is 0.679. The number of rotatable bonds is 8. The Morgan fingerprint density at radius 2 is 1.71 bits per heavy atom. The maximum atomic E-state index is 12.2. The standard InChI is InChI=1S/C22H24N2O4/c1-27-19-11-4-5-12-20(19)28-15-22(26)24-18-10-6-9-17(14-18)23-21(25)13-16-7-2-3-8-16/h2,4-7,9-12,14,16H,3,8,13,15H2,1H3,(H,23,25)(H,24,26). The van der Waals surface area contributed by atoms with Crippen LogP contribution in [0.1, 0.15) is 19.3 Å². The normalized spacial score (nSPS) is 15.1. The third-order valence-electron chi connectivity index (χ3n) is 4.42. The average Bonchev–Trinajstić information content (AvgIpc) is 3.19. The summed E-state index contributed by atoms with van der Waals surface area (Å²) >= 11 is 0. The van der Waals surface area contributed by atoms with Crippen molar-refractivity contribution in [3.8, 4) is 11.5 Å². The third kappa shape index (κ3) is 5.61. The number of nitrogens with one attached hydrogen (secondary N) is 2. The molecule has 1 aliphatic carbocycles. The predicted molar refractivity (Wildman–Crippen MR) is 109 cm³/mol. The highest BCUT2D eigenvalue weighted by atomic mass is 16.5. The molecule has 0 spiro atoms. The van der Waals surface area contributed by atoms with Crippen molar-refractivity contribution in [2.45, 2.75) is 19.3 Å². The minimum atomic E-state index is -0.300. The van der Waals surface area contributed by atoms with Crippen LogP contribution in [0.5, 0.6) is 11.5 Å². The first-order valence-corrected chi connectivity index (χ1v) is 9.26. The smallest absolute Gasteiger partial charge is 0.262 e. The number of allylic oxidation sites excluding steroid dienone is 2. The molecular formula is C22H24N2O4. The lowest BCUT2D eigenvalue weighted by molar-refractivity contribution is -0.118. The number of methoxy groups -OCH3 is 1. The van der Waals surface area contributed by atoms with E-state index in [0.717, 1.165) is 12.8 Å². The summed E-state index contributed by atoms with van der Waals surface area (Å²) in [4.78, 5) is 24.3. The Balaban J connectivity index is 1.51. The van der Waals surface area contributed by atoms with Gasteiger partial charge in [-0.1, -0.05) is 30.4 Å². The number of amides is 2. The number of carbonyl (C=O) groups excluding carboxylic acids is 2. The SMILES string of the molecule is COc1ccccc1OCC(=O)Nc1cccc(NC(=O)CC2C=CCC2)c1. The highest BCUT2D eigenvalue weighted by Crippen LogP contribution is 2.26. The summed E-state index contributed by atoms with van der Waals surface area (Å²) < 4.78 is 10.7. The molecule has 0 radical (unpaired) electrons. The van der Waals surface area contributed by atoms with E-state index in [1.807, 2.05) is 12.1 Å². The predicted octanol–water partition coefficient (Wildman–Crippen LogP) is 4.01. The van der Waals surface area contributed by atoms with Crippen molar-refractivity contribution in [1.29, 1.82) is 0 Å². The van der Waals surface area contributed by atoms with Gasteiger partial charge < -0.3 is 20.1 Å². The Hall–Kier alpha value is -3.28. The van der Waals surface area contributed by atoms with E-state index < -0.39 is 0 Å². The number of anilines is 2. The highest BCUT2D eigenvalue weighted by Gasteiger charge is 2.14. The molecule has 2 amide bonds. The Morgan fingerprint density at radius 3 is 2.39 bits per heavy atom. The van der Waals surface area contributed by atoms with Gasteiger partial charge >= 0.3 is 0 Å². The van der Waals surface area contributed by atoms with Gasteiger partial charge in [-0.3, -0.25) is 9.59 Å². The summed E-state index contributed by atoms with van der Waals surface area (Å²) in [5, 5.41) is 5.65. The molecule has 0 saturated carbocycles. The summed E-state index contributed by atoms with van der Waals surface area (Å²) in [6.07, 6.45) is 6.74. The van der Waals surface area contributed by atoms with E-state index in [2.05, 4.69) is 22.8 Å². The minimum Gasteiger partial charge on any atom is -0.493 e. The Bertz CT molecular complexity index is 863. The molecule has 6 heteroatoms. The van der Waals surface area contributed by atoms with E-state index in [1.165, 1.54) is 0 Å². The van der Waals surface area contributed by atoms with Gasteiger partial charge in [0.2, 0.25) is 5.91 Å². The fourth-order valence-electron chi connectivity index (χ4n) is 3.07. The van der Waals surface area contributed by atoms with Gasteiger partial charge in [0.15, 0.2) is 18.1 Å². The number of para-hydroxylation sites is 2. The Labute approximate surface area is 164 Å². The number of hydrogen-bond donors (Lipinski definition) is 2. The molecule has 0 fully saturated rings. The summed E-state index contributed by atoms with van der Waals surface area (Å²) in [7, 11) is 1.55. The number of ether oxygens (including phenoxy) is 2. The van der Waals surface area contributed by atoms with Crippen LogP contribution in [0.3, 0.4) is 0 Å². The fourth-order valence-corrected chi connectivity index (χ4v) is 3.07. The largest absolute Gasteiger partial charge is 0.493 e. The van der Waals surface area contributed by atoms with E-state index in [-0.39, 0.29) is 18.4 Å². The molecular weight excluding hydrogens is 356 g/mol. The maximum Gasteiger partial charge on any atom is 0.262 e. The van der Waals surface area contributed by atoms with Crippen molar-refractivity contribution in [3.63, 3.8) is 0 Å². The van der Waals surface area contributed by atoms with Gasteiger partial charge in [0.05, 0.1) is 7.11 Å². The van der Waals surface area contributed by atoms with Crippen LogP contribution >= 0.6 is 0 Å². The van der Waals surface area contributed by atoms with Gasteiger partial charge in [-0.05, 0) is 49.1 Å². The molecule has 146 valence electrons. The second-order valence-corrected chi connectivity index (χ2v) is 6.59. The fraction of sp³-hybridized carbons (Fsp3) is 0.273. The molecule has 2 N–H and O–H groups in total. The lowest BCUT2D eigenvalue weighted by atomic mass is 10.1. The van der Waals surface area contributed by atoms with Crippen molar-refractivity contribution < 1.29 is 19.1 Å². The summed E-state index contributed by atoms with van der Waals surface area (Å²) in [5.41, 5.74) is 1.24. The summed E-state index contributed by atoms with van der Waals surface area (Å²) in [5.74, 6) is 1.05. The van der Waals surface area contributed by atoms with Crippen molar-refractivity contribution >= 4 is 23.2 Å². The van der Waals surface area contributed by atoms with Crippen LogP contribution < -0.4 is 20.1 Å². The molecule has 6 nitrogen and oxygen atoms in total. The second-order valence-electron chi connectivity index (χ2n) is 6.59. The first-order valence-electron chi connectivity index (χ1n) is 9.26. The highest BCUT2D eigenvalue weighted by molar-refractivity contribution is 5.94. The van der Waals surface area contributed by atoms with Crippen molar-refractivity contribution in [1.82, 2.24) is 0 Å². The van der Waals surface area contributed by atoms with Crippen molar-refractivity contribution in [2.75, 3.05) is 24.4 Å². The molecule has 0 aromatic heterocycles. The van der Waals surface area contributed by atoms with Gasteiger partial charge in [0.25, 0.3) is 5.91 Å². The first-order chi connectivity index (χ1) is 13.6. The van der Waals surface area contributed by atoms with E-state index in [4.69, 9.17) is 9.47 Å². The maximum absolute atomic E-state index is 12.2. The van der Waals surface area contributed by atoms with Crippen LogP contribution in [0.15, 0.2) is 60.7 Å². The topological polar surface area (TPSA) is 76.7 Å². The molecule has 0 bridgehead atoms. The van der Waals surface area contributed by atoms with Crippen LogP contribution in [0.2, 0.25) is 0 Å². The second kappa shape index (κ2) is 9.60. The molecule has 0 aliphatic heterocycles. The van der Waals surface area contributed by atoms with Crippen LogP contribution in [0, 0.1) is 5.92 Å². The third-order valence-corrected chi connectivity index (χ3v) is 4.42. The van der Waals surface area contributed by atoms with Crippen LogP contribution in [0.4, 0.5) is 11.4 Å². The van der Waals surface area contributed by atoms with Gasteiger partial charge in [0, 0.05) is 17.8 Å². The van der Waals surface area contributed by atoms with E-state index in [9.17, 15) is 9.59 Å². The molecule has 0 heterocycles. The molecule has 1 atom stereocenters. The van der Waals surface area contributed by atoms with Crippen molar-refractivity contribution in [3.05, 3.63) is 60.7 Å². The monoisotopic (exact) mass is 380 g/mol. The Morgan fingerprint density at radius 1 is 1.00 bits per heavy atom. The molecule has 28 heavy (non-hydrogen) atoms. The lowest BCUT2D eigenvalue weighted by Gasteiger charge is -2.12. The molecule has 1 aliphatic rings. The molecule has 2 aromatic carbocycles. The van der Waals surface area contributed by atoms with Gasteiger partial charge in [-0.25, -0.2) is 0 Å². The van der Waals surface area contributed by atoms with Crippen LogP contribution in [0.25, 0.3) is 0 Å². The van der Waals surface area contributed by atoms with E-state index in [0.29, 0.717) is 35.2 Å². The zero-order chi connectivity index (χ0) is 19.8. The van der Waals surface area contributed by atoms with Crippen LogP contribution in [-0.4, -0.2) is 25.5 Å². The average molecular weight is 380 g/mol. The zero-order valence-corrected chi connectivity index (χ0v) is 15.8. The molecule has 2 aromatic rings. The first kappa shape index (κ1) is 19.5. The molecule has 0 saturated heterocycles.